The Morgan fingerprint density at radius 2 is 2.40 bits per heavy atom. The van der Waals surface area contributed by atoms with Crippen LogP contribution < -0.4 is 5.73 Å². The van der Waals surface area contributed by atoms with E-state index in [0.717, 1.165) is 4.47 Å². The van der Waals surface area contributed by atoms with E-state index in [2.05, 4.69) is 21.0 Å². The Bertz CT molecular complexity index is 325. The summed E-state index contributed by atoms with van der Waals surface area (Å²) in [6, 6.07) is 0. The highest BCUT2D eigenvalue weighted by atomic mass is 79.9. The van der Waals surface area contributed by atoms with Gasteiger partial charge in [-0.1, -0.05) is 0 Å². The molecule has 1 rings (SSSR count). The second-order valence-electron chi connectivity index (χ2n) is 3.54. The normalized spacial score (nSPS) is 15.3. The number of aromatic nitrogens is 2. The van der Waals surface area contributed by atoms with E-state index in [0.29, 0.717) is 18.8 Å². The Balaban J connectivity index is 2.98. The Morgan fingerprint density at radius 3 is 2.93 bits per heavy atom. The first-order valence-electron chi connectivity index (χ1n) is 4.66. The molecule has 5 nitrogen and oxygen atoms in total. The van der Waals surface area contributed by atoms with Crippen molar-refractivity contribution in [2.24, 2.45) is 5.73 Å². The Hall–Kier alpha value is -0.430. The summed E-state index contributed by atoms with van der Waals surface area (Å²) in [6.07, 6.45) is 1.65. The van der Waals surface area contributed by atoms with Crippen LogP contribution >= 0.6 is 15.9 Å². The second-order valence-corrected chi connectivity index (χ2v) is 4.39. The lowest BCUT2D eigenvalue weighted by atomic mass is 10.0. The van der Waals surface area contributed by atoms with Crippen LogP contribution in [0.2, 0.25) is 0 Å². The molecule has 0 aliphatic heterocycles. The molecule has 1 unspecified atom stereocenters. The van der Waals surface area contributed by atoms with Gasteiger partial charge in [0, 0.05) is 13.7 Å². The van der Waals surface area contributed by atoms with Crippen molar-refractivity contribution in [1.29, 1.82) is 0 Å². The largest absolute Gasteiger partial charge is 0.383 e. The summed E-state index contributed by atoms with van der Waals surface area (Å²) in [4.78, 5) is 0. The van der Waals surface area contributed by atoms with Gasteiger partial charge in [0.2, 0.25) is 0 Å². The third-order valence-electron chi connectivity index (χ3n) is 2.21. The number of halogens is 1. The van der Waals surface area contributed by atoms with E-state index in [1.54, 1.807) is 24.9 Å². The van der Waals surface area contributed by atoms with Gasteiger partial charge in [0.15, 0.2) is 0 Å². The standard InChI is InChI=1S/C9H16BrN3O2/c1-9(14,6-11)8-7(10)5-12-13(8)3-4-15-2/h5,14H,3-4,6,11H2,1-2H3. The number of ether oxygens (including phenoxy) is 1. The summed E-state index contributed by atoms with van der Waals surface area (Å²) in [6.45, 7) is 2.94. The predicted octanol–water partition coefficient (Wildman–Crippen LogP) is 0.458. The molecule has 0 aliphatic rings. The molecule has 0 radical (unpaired) electrons. The molecule has 1 heterocycles. The molecular weight excluding hydrogens is 262 g/mol. The maximum absolute atomic E-state index is 10.1. The average Bonchev–Trinajstić information content (AvgIpc) is 2.57. The molecule has 1 aromatic rings. The lowest BCUT2D eigenvalue weighted by Gasteiger charge is -2.23. The van der Waals surface area contributed by atoms with E-state index in [9.17, 15) is 5.11 Å². The number of methoxy groups -OCH3 is 1. The quantitative estimate of drug-likeness (QED) is 0.820. The van der Waals surface area contributed by atoms with Crippen molar-refractivity contribution < 1.29 is 9.84 Å². The first-order valence-corrected chi connectivity index (χ1v) is 5.45. The maximum Gasteiger partial charge on any atom is 0.117 e. The Labute approximate surface area is 97.3 Å². The summed E-state index contributed by atoms with van der Waals surface area (Å²) >= 11 is 3.35. The monoisotopic (exact) mass is 277 g/mol. The molecule has 0 bridgehead atoms. The van der Waals surface area contributed by atoms with Crippen molar-refractivity contribution in [3.8, 4) is 0 Å². The second kappa shape index (κ2) is 5.07. The van der Waals surface area contributed by atoms with E-state index in [1.807, 2.05) is 0 Å². The highest BCUT2D eigenvalue weighted by Gasteiger charge is 2.28. The third kappa shape index (κ3) is 2.78. The number of nitrogens with two attached hydrogens (primary N) is 1. The minimum Gasteiger partial charge on any atom is -0.383 e. The molecule has 15 heavy (non-hydrogen) atoms. The maximum atomic E-state index is 10.1. The molecule has 1 atom stereocenters. The van der Waals surface area contributed by atoms with Crippen LogP contribution in [0, 0.1) is 0 Å². The molecule has 1 aromatic heterocycles. The van der Waals surface area contributed by atoms with Crippen molar-refractivity contribution in [3.05, 3.63) is 16.4 Å². The minimum atomic E-state index is -1.08. The van der Waals surface area contributed by atoms with Gasteiger partial charge in [-0.15, -0.1) is 0 Å². The molecule has 0 saturated heterocycles. The van der Waals surface area contributed by atoms with E-state index >= 15 is 0 Å². The van der Waals surface area contributed by atoms with Gasteiger partial charge in [-0.2, -0.15) is 5.10 Å². The van der Waals surface area contributed by atoms with Crippen LogP contribution in [0.15, 0.2) is 10.7 Å². The van der Waals surface area contributed by atoms with Gasteiger partial charge in [0.25, 0.3) is 0 Å². The minimum absolute atomic E-state index is 0.143. The van der Waals surface area contributed by atoms with Crippen LogP contribution in [0.4, 0.5) is 0 Å². The van der Waals surface area contributed by atoms with Gasteiger partial charge in [-0.05, 0) is 22.9 Å². The van der Waals surface area contributed by atoms with E-state index < -0.39 is 5.60 Å². The molecule has 3 N–H and O–H groups in total. The molecule has 0 amide bonds. The first kappa shape index (κ1) is 12.6. The molecule has 86 valence electrons. The van der Waals surface area contributed by atoms with Gasteiger partial charge in [0.05, 0.1) is 29.5 Å². The fraction of sp³-hybridized carbons (Fsp3) is 0.667. The van der Waals surface area contributed by atoms with E-state index in [1.165, 1.54) is 0 Å². The summed E-state index contributed by atoms with van der Waals surface area (Å²) in [7, 11) is 1.62. The molecule has 0 aliphatic carbocycles. The Kier molecular flexibility index (Phi) is 4.27. The highest BCUT2D eigenvalue weighted by Crippen LogP contribution is 2.27. The SMILES string of the molecule is COCCn1ncc(Br)c1C(C)(O)CN. The van der Waals surface area contributed by atoms with E-state index in [4.69, 9.17) is 10.5 Å². The van der Waals surface area contributed by atoms with Gasteiger partial charge >= 0.3 is 0 Å². The fourth-order valence-corrected chi connectivity index (χ4v) is 2.07. The first-order chi connectivity index (χ1) is 7.03. The fourth-order valence-electron chi connectivity index (χ4n) is 1.34. The van der Waals surface area contributed by atoms with Crippen molar-refractivity contribution >= 4 is 15.9 Å². The van der Waals surface area contributed by atoms with Crippen molar-refractivity contribution in [2.75, 3.05) is 20.3 Å². The topological polar surface area (TPSA) is 73.3 Å². The van der Waals surface area contributed by atoms with Crippen LogP contribution in [0.3, 0.4) is 0 Å². The lowest BCUT2D eigenvalue weighted by molar-refractivity contribution is 0.0541. The predicted molar refractivity (Wildman–Crippen MR) is 60.4 cm³/mol. The molecular formula is C9H16BrN3O2. The van der Waals surface area contributed by atoms with Gasteiger partial charge in [-0.25, -0.2) is 0 Å². The zero-order valence-corrected chi connectivity index (χ0v) is 10.5. The van der Waals surface area contributed by atoms with Crippen molar-refractivity contribution in [2.45, 2.75) is 19.1 Å². The third-order valence-corrected chi connectivity index (χ3v) is 2.79. The Morgan fingerprint density at radius 1 is 1.73 bits per heavy atom. The summed E-state index contributed by atoms with van der Waals surface area (Å²) < 4.78 is 7.42. The van der Waals surface area contributed by atoms with Crippen LogP contribution in [0.1, 0.15) is 12.6 Å². The summed E-state index contributed by atoms with van der Waals surface area (Å²) in [5.41, 5.74) is 5.12. The number of hydrogen-bond acceptors (Lipinski definition) is 4. The number of nitrogens with zero attached hydrogens (tertiary/aromatic N) is 2. The molecule has 0 aromatic carbocycles. The van der Waals surface area contributed by atoms with Gasteiger partial charge in [-0.3, -0.25) is 4.68 Å². The zero-order valence-electron chi connectivity index (χ0n) is 8.90. The smallest absolute Gasteiger partial charge is 0.117 e. The van der Waals surface area contributed by atoms with E-state index in [-0.39, 0.29) is 6.54 Å². The molecule has 0 spiro atoms. The number of aliphatic hydroxyl groups is 1. The average molecular weight is 278 g/mol. The lowest BCUT2D eigenvalue weighted by Crippen LogP contribution is -2.34. The number of hydrogen-bond donors (Lipinski definition) is 2. The molecule has 0 saturated carbocycles. The summed E-state index contributed by atoms with van der Waals surface area (Å²) in [5, 5.41) is 14.2. The van der Waals surface area contributed by atoms with Crippen LogP contribution in [-0.4, -0.2) is 35.1 Å². The van der Waals surface area contributed by atoms with Crippen LogP contribution in [0.25, 0.3) is 0 Å². The van der Waals surface area contributed by atoms with Crippen LogP contribution in [-0.2, 0) is 16.9 Å². The highest BCUT2D eigenvalue weighted by molar-refractivity contribution is 9.10. The van der Waals surface area contributed by atoms with Gasteiger partial charge in [0.1, 0.15) is 5.60 Å². The van der Waals surface area contributed by atoms with Crippen molar-refractivity contribution in [1.82, 2.24) is 9.78 Å². The van der Waals surface area contributed by atoms with Crippen LogP contribution in [0.5, 0.6) is 0 Å². The molecule has 6 heteroatoms. The van der Waals surface area contributed by atoms with Crippen molar-refractivity contribution in [3.63, 3.8) is 0 Å². The van der Waals surface area contributed by atoms with Gasteiger partial charge < -0.3 is 15.6 Å². The number of rotatable bonds is 5. The zero-order chi connectivity index (χ0) is 11.5. The molecule has 0 fully saturated rings. The summed E-state index contributed by atoms with van der Waals surface area (Å²) in [5.74, 6) is 0.